The highest BCUT2D eigenvalue weighted by Gasteiger charge is 2.15. The summed E-state index contributed by atoms with van der Waals surface area (Å²) < 4.78 is 3.71. The van der Waals surface area contributed by atoms with E-state index in [9.17, 15) is 4.79 Å². The SMILES string of the molecule is N#Cc1ccc(-c2ccc(Cc3snnc3C(=O)O)cc2)cc1. The van der Waals surface area contributed by atoms with Crippen LogP contribution in [-0.4, -0.2) is 20.7 Å². The van der Waals surface area contributed by atoms with E-state index in [1.807, 2.05) is 36.4 Å². The fourth-order valence-electron chi connectivity index (χ4n) is 2.23. The van der Waals surface area contributed by atoms with Gasteiger partial charge in [-0.25, -0.2) is 4.79 Å². The van der Waals surface area contributed by atoms with Gasteiger partial charge in [-0.3, -0.25) is 0 Å². The summed E-state index contributed by atoms with van der Waals surface area (Å²) in [5.74, 6) is -1.05. The van der Waals surface area contributed by atoms with E-state index in [4.69, 9.17) is 10.4 Å². The van der Waals surface area contributed by atoms with Crippen molar-refractivity contribution in [1.82, 2.24) is 9.59 Å². The molecule has 23 heavy (non-hydrogen) atoms. The van der Waals surface area contributed by atoms with Crippen molar-refractivity contribution in [3.05, 3.63) is 70.2 Å². The lowest BCUT2D eigenvalue weighted by atomic mass is 10.0. The fraction of sp³-hybridized carbons (Fsp3) is 0.0588. The van der Waals surface area contributed by atoms with Crippen LogP contribution in [-0.2, 0) is 6.42 Å². The van der Waals surface area contributed by atoms with Crippen molar-refractivity contribution in [2.24, 2.45) is 0 Å². The molecule has 3 aromatic rings. The topological polar surface area (TPSA) is 86.9 Å². The zero-order chi connectivity index (χ0) is 16.2. The number of carbonyl (C=O) groups is 1. The lowest BCUT2D eigenvalue weighted by molar-refractivity contribution is 0.0689. The third-order valence-corrected chi connectivity index (χ3v) is 4.15. The van der Waals surface area contributed by atoms with Gasteiger partial charge in [0.05, 0.1) is 16.5 Å². The van der Waals surface area contributed by atoms with Crippen LogP contribution in [0, 0.1) is 11.3 Å². The average Bonchev–Trinajstić information content (AvgIpc) is 3.04. The molecule has 0 radical (unpaired) electrons. The van der Waals surface area contributed by atoms with Crippen LogP contribution in [0.1, 0.15) is 26.5 Å². The molecule has 0 aliphatic heterocycles. The van der Waals surface area contributed by atoms with E-state index in [0.717, 1.165) is 28.2 Å². The Labute approximate surface area is 136 Å². The van der Waals surface area contributed by atoms with Gasteiger partial charge in [-0.15, -0.1) is 5.10 Å². The molecule has 0 aliphatic carbocycles. The Morgan fingerprint density at radius 2 is 1.70 bits per heavy atom. The summed E-state index contributed by atoms with van der Waals surface area (Å²) in [5, 5.41) is 21.5. The Morgan fingerprint density at radius 1 is 1.09 bits per heavy atom. The van der Waals surface area contributed by atoms with Crippen LogP contribution >= 0.6 is 11.5 Å². The van der Waals surface area contributed by atoms with Gasteiger partial charge in [-0.1, -0.05) is 40.9 Å². The van der Waals surface area contributed by atoms with Gasteiger partial charge in [0.2, 0.25) is 0 Å². The number of aromatic carboxylic acids is 1. The first-order valence-corrected chi connectivity index (χ1v) is 7.58. The number of hydrogen-bond acceptors (Lipinski definition) is 5. The van der Waals surface area contributed by atoms with Crippen LogP contribution < -0.4 is 0 Å². The minimum Gasteiger partial charge on any atom is -0.476 e. The Balaban J connectivity index is 1.80. The molecule has 0 atom stereocenters. The van der Waals surface area contributed by atoms with Crippen LogP contribution in [0.25, 0.3) is 11.1 Å². The summed E-state index contributed by atoms with van der Waals surface area (Å²) in [7, 11) is 0. The smallest absolute Gasteiger partial charge is 0.357 e. The molecule has 112 valence electrons. The number of carboxylic acids is 1. The van der Waals surface area contributed by atoms with E-state index in [1.54, 1.807) is 12.1 Å². The second-order valence-corrected chi connectivity index (χ2v) is 5.75. The van der Waals surface area contributed by atoms with Gasteiger partial charge >= 0.3 is 5.97 Å². The van der Waals surface area contributed by atoms with Crippen molar-refractivity contribution < 1.29 is 9.90 Å². The molecular weight excluding hydrogens is 310 g/mol. The molecular formula is C17H11N3O2S. The predicted molar refractivity (Wildman–Crippen MR) is 86.3 cm³/mol. The van der Waals surface area contributed by atoms with Crippen LogP contribution in [0.5, 0.6) is 0 Å². The quantitative estimate of drug-likeness (QED) is 0.796. The summed E-state index contributed by atoms with van der Waals surface area (Å²) in [5.41, 5.74) is 3.71. The molecule has 0 amide bonds. The Hall–Kier alpha value is -3.04. The van der Waals surface area contributed by atoms with Crippen molar-refractivity contribution in [2.75, 3.05) is 0 Å². The minimum atomic E-state index is -1.05. The number of benzene rings is 2. The zero-order valence-corrected chi connectivity index (χ0v) is 12.7. The van der Waals surface area contributed by atoms with E-state index in [2.05, 4.69) is 15.7 Å². The first kappa shape index (κ1) is 14.9. The highest BCUT2D eigenvalue weighted by molar-refractivity contribution is 7.05. The van der Waals surface area contributed by atoms with E-state index in [-0.39, 0.29) is 5.69 Å². The largest absolute Gasteiger partial charge is 0.476 e. The van der Waals surface area contributed by atoms with E-state index >= 15 is 0 Å². The van der Waals surface area contributed by atoms with Crippen LogP contribution in [0.2, 0.25) is 0 Å². The zero-order valence-electron chi connectivity index (χ0n) is 11.9. The summed E-state index contributed by atoms with van der Waals surface area (Å²) in [6.45, 7) is 0. The van der Waals surface area contributed by atoms with Crippen LogP contribution in [0.3, 0.4) is 0 Å². The molecule has 1 heterocycles. The first-order chi connectivity index (χ1) is 11.2. The van der Waals surface area contributed by atoms with Gasteiger partial charge in [0, 0.05) is 6.42 Å². The Morgan fingerprint density at radius 3 is 2.26 bits per heavy atom. The Kier molecular flexibility index (Phi) is 4.13. The van der Waals surface area contributed by atoms with E-state index in [1.165, 1.54) is 0 Å². The molecule has 0 aliphatic rings. The highest BCUT2D eigenvalue weighted by atomic mass is 32.1. The molecule has 0 spiro atoms. The maximum Gasteiger partial charge on any atom is 0.357 e. The van der Waals surface area contributed by atoms with Gasteiger partial charge in [-0.05, 0) is 40.4 Å². The summed E-state index contributed by atoms with van der Waals surface area (Å²) in [6, 6.07) is 17.3. The summed E-state index contributed by atoms with van der Waals surface area (Å²) in [6.07, 6.45) is 0.493. The lowest BCUT2D eigenvalue weighted by Crippen LogP contribution is -2.01. The molecule has 5 nitrogen and oxygen atoms in total. The standard InChI is InChI=1S/C17H11N3O2S/c18-10-12-3-7-14(8-4-12)13-5-1-11(2-6-13)9-15-16(17(21)22)19-20-23-15/h1-8H,9H2,(H,21,22). The van der Waals surface area contributed by atoms with Crippen molar-refractivity contribution in [1.29, 1.82) is 5.26 Å². The maximum absolute atomic E-state index is 11.0. The number of aromatic nitrogens is 2. The van der Waals surface area contributed by atoms with Gasteiger partial charge in [0.15, 0.2) is 5.69 Å². The number of carboxylic acid groups (broad SMARTS) is 1. The second-order valence-electron chi connectivity index (χ2n) is 4.91. The second kappa shape index (κ2) is 6.38. The van der Waals surface area contributed by atoms with Crippen LogP contribution in [0.15, 0.2) is 48.5 Å². The molecule has 1 aromatic heterocycles. The van der Waals surface area contributed by atoms with Gasteiger partial charge in [0.1, 0.15) is 0 Å². The predicted octanol–water partition coefficient (Wildman–Crippen LogP) is 3.37. The third-order valence-electron chi connectivity index (χ3n) is 3.42. The highest BCUT2D eigenvalue weighted by Crippen LogP contribution is 2.22. The van der Waals surface area contributed by atoms with Crippen molar-refractivity contribution in [3.63, 3.8) is 0 Å². The fourth-order valence-corrected chi connectivity index (χ4v) is 2.89. The van der Waals surface area contributed by atoms with E-state index in [0.29, 0.717) is 16.9 Å². The average molecular weight is 321 g/mol. The molecule has 1 N–H and O–H groups in total. The summed E-state index contributed by atoms with van der Waals surface area (Å²) >= 11 is 1.10. The first-order valence-electron chi connectivity index (χ1n) is 6.81. The molecule has 0 bridgehead atoms. The summed E-state index contributed by atoms with van der Waals surface area (Å²) in [4.78, 5) is 11.7. The number of rotatable bonds is 4. The van der Waals surface area contributed by atoms with Gasteiger partial charge in [-0.2, -0.15) is 5.26 Å². The van der Waals surface area contributed by atoms with Gasteiger partial charge in [0.25, 0.3) is 0 Å². The van der Waals surface area contributed by atoms with Crippen LogP contribution in [0.4, 0.5) is 0 Å². The number of nitriles is 1. The monoisotopic (exact) mass is 321 g/mol. The van der Waals surface area contributed by atoms with Crippen molar-refractivity contribution in [2.45, 2.75) is 6.42 Å². The number of hydrogen-bond donors (Lipinski definition) is 1. The normalized spacial score (nSPS) is 10.2. The Bertz CT molecular complexity index is 877. The van der Waals surface area contributed by atoms with Gasteiger partial charge < -0.3 is 5.11 Å². The van der Waals surface area contributed by atoms with Crippen molar-refractivity contribution >= 4 is 17.5 Å². The molecule has 0 fully saturated rings. The molecule has 0 unspecified atom stereocenters. The molecule has 6 heteroatoms. The van der Waals surface area contributed by atoms with Crippen molar-refractivity contribution in [3.8, 4) is 17.2 Å². The molecule has 3 rings (SSSR count). The minimum absolute atomic E-state index is 0.0196. The number of nitrogens with zero attached hydrogens (tertiary/aromatic N) is 3. The molecule has 0 saturated carbocycles. The maximum atomic E-state index is 11.0. The molecule has 0 saturated heterocycles. The lowest BCUT2D eigenvalue weighted by Gasteiger charge is -2.04. The third kappa shape index (κ3) is 3.25. The van der Waals surface area contributed by atoms with E-state index < -0.39 is 5.97 Å². The molecule has 2 aromatic carbocycles.